The van der Waals surface area contributed by atoms with Gasteiger partial charge in [-0.1, -0.05) is 5.21 Å². The maximum Gasteiger partial charge on any atom is 0.256 e. The van der Waals surface area contributed by atoms with Crippen molar-refractivity contribution >= 4 is 22.8 Å². The van der Waals surface area contributed by atoms with Crippen molar-refractivity contribution in [2.75, 3.05) is 5.32 Å². The van der Waals surface area contributed by atoms with Crippen molar-refractivity contribution in [3.8, 4) is 11.3 Å². The monoisotopic (exact) mass is 333 g/mol. The lowest BCUT2D eigenvalue weighted by atomic mass is 10.1. The molecular weight excluding hydrogens is 318 g/mol. The molecule has 1 amide bonds. The molecule has 1 aromatic carbocycles. The smallest absolute Gasteiger partial charge is 0.256 e. The summed E-state index contributed by atoms with van der Waals surface area (Å²) in [6, 6.07) is 9.04. The molecule has 0 bridgehead atoms. The molecule has 0 atom stereocenters. The van der Waals surface area contributed by atoms with Crippen molar-refractivity contribution < 1.29 is 4.79 Å². The van der Waals surface area contributed by atoms with Gasteiger partial charge in [0.25, 0.3) is 5.91 Å². The molecule has 124 valence electrons. The number of pyridine rings is 1. The SMILES string of the molecule is Cc1c(NC(=O)c2ccc3c(c2)nnn3C)n[nH]c1-c1ccncc1. The summed E-state index contributed by atoms with van der Waals surface area (Å²) in [5.41, 5.74) is 4.71. The van der Waals surface area contributed by atoms with Gasteiger partial charge in [-0.25, -0.2) is 4.68 Å². The number of fused-ring (bicyclic) bond motifs is 1. The number of H-pyrrole nitrogens is 1. The number of rotatable bonds is 3. The average molecular weight is 333 g/mol. The maximum absolute atomic E-state index is 12.5. The first kappa shape index (κ1) is 15.0. The van der Waals surface area contributed by atoms with Crippen molar-refractivity contribution in [2.24, 2.45) is 7.05 Å². The molecule has 4 aromatic rings. The van der Waals surface area contributed by atoms with Gasteiger partial charge >= 0.3 is 0 Å². The zero-order chi connectivity index (χ0) is 17.4. The molecular formula is C17H15N7O. The van der Waals surface area contributed by atoms with E-state index in [1.54, 1.807) is 29.2 Å². The van der Waals surface area contributed by atoms with Gasteiger partial charge in [-0.2, -0.15) is 5.10 Å². The van der Waals surface area contributed by atoms with Crippen LogP contribution in [-0.4, -0.2) is 36.1 Å². The Balaban J connectivity index is 1.61. The number of carbonyl (C=O) groups is 1. The zero-order valence-electron chi connectivity index (χ0n) is 13.7. The topological polar surface area (TPSA) is 101 Å². The third kappa shape index (κ3) is 2.63. The van der Waals surface area contributed by atoms with E-state index < -0.39 is 0 Å². The van der Waals surface area contributed by atoms with Crippen molar-refractivity contribution in [3.05, 3.63) is 53.9 Å². The van der Waals surface area contributed by atoms with Gasteiger partial charge in [0.1, 0.15) is 5.52 Å². The molecule has 3 heterocycles. The molecule has 0 spiro atoms. The van der Waals surface area contributed by atoms with Gasteiger partial charge in [-0.3, -0.25) is 14.9 Å². The first-order chi connectivity index (χ1) is 12.1. The highest BCUT2D eigenvalue weighted by Gasteiger charge is 2.15. The number of aromatic amines is 1. The number of aromatic nitrogens is 6. The van der Waals surface area contributed by atoms with E-state index in [4.69, 9.17) is 0 Å². The minimum absolute atomic E-state index is 0.247. The summed E-state index contributed by atoms with van der Waals surface area (Å²) in [5.74, 6) is 0.250. The normalized spacial score (nSPS) is 11.0. The van der Waals surface area contributed by atoms with Crippen LogP contribution in [0.3, 0.4) is 0 Å². The minimum Gasteiger partial charge on any atom is -0.305 e. The van der Waals surface area contributed by atoms with E-state index in [2.05, 4.69) is 30.8 Å². The molecule has 4 rings (SSSR count). The Morgan fingerprint density at radius 2 is 2.00 bits per heavy atom. The van der Waals surface area contributed by atoms with Crippen LogP contribution < -0.4 is 5.32 Å². The van der Waals surface area contributed by atoms with Gasteiger partial charge in [0.15, 0.2) is 5.82 Å². The lowest BCUT2D eigenvalue weighted by molar-refractivity contribution is 0.102. The summed E-state index contributed by atoms with van der Waals surface area (Å²) in [5, 5.41) is 18.0. The van der Waals surface area contributed by atoms with Crippen molar-refractivity contribution in [3.63, 3.8) is 0 Å². The molecule has 2 N–H and O–H groups in total. The van der Waals surface area contributed by atoms with E-state index in [0.29, 0.717) is 16.9 Å². The minimum atomic E-state index is -0.247. The third-order valence-electron chi connectivity index (χ3n) is 4.08. The molecule has 8 heteroatoms. The number of aryl methyl sites for hydroxylation is 1. The standard InChI is InChI=1S/C17H15N7O/c1-10-15(11-5-7-18-8-6-11)21-22-16(10)19-17(25)12-3-4-14-13(9-12)20-23-24(14)2/h3-9H,1-2H3,(H2,19,21,22,25). The highest BCUT2D eigenvalue weighted by molar-refractivity contribution is 6.06. The van der Waals surface area contributed by atoms with E-state index in [9.17, 15) is 4.79 Å². The van der Waals surface area contributed by atoms with E-state index in [-0.39, 0.29) is 5.91 Å². The van der Waals surface area contributed by atoms with Gasteiger partial charge < -0.3 is 5.32 Å². The van der Waals surface area contributed by atoms with Gasteiger partial charge in [0.05, 0.1) is 11.2 Å². The Labute approximate surface area is 142 Å². The van der Waals surface area contributed by atoms with E-state index >= 15 is 0 Å². The highest BCUT2D eigenvalue weighted by Crippen LogP contribution is 2.25. The molecule has 0 aliphatic heterocycles. The van der Waals surface area contributed by atoms with Crippen LogP contribution in [0, 0.1) is 6.92 Å². The van der Waals surface area contributed by atoms with Gasteiger partial charge in [-0.15, -0.1) is 5.10 Å². The van der Waals surface area contributed by atoms with Crippen LogP contribution in [0.5, 0.6) is 0 Å². The van der Waals surface area contributed by atoms with Crippen LogP contribution in [0.1, 0.15) is 15.9 Å². The average Bonchev–Trinajstić information content (AvgIpc) is 3.19. The van der Waals surface area contributed by atoms with E-state index in [0.717, 1.165) is 22.3 Å². The maximum atomic E-state index is 12.5. The number of hydrogen-bond donors (Lipinski definition) is 2. The van der Waals surface area contributed by atoms with Crippen molar-refractivity contribution in [2.45, 2.75) is 6.92 Å². The lowest BCUT2D eigenvalue weighted by Crippen LogP contribution is -2.12. The molecule has 0 saturated heterocycles. The molecule has 0 unspecified atom stereocenters. The molecule has 3 aromatic heterocycles. The summed E-state index contributed by atoms with van der Waals surface area (Å²) < 4.78 is 1.66. The number of hydrogen-bond acceptors (Lipinski definition) is 5. The van der Waals surface area contributed by atoms with Crippen LogP contribution in [-0.2, 0) is 7.05 Å². The second kappa shape index (κ2) is 5.82. The fourth-order valence-electron chi connectivity index (χ4n) is 2.68. The van der Waals surface area contributed by atoms with E-state index in [1.165, 1.54) is 0 Å². The largest absolute Gasteiger partial charge is 0.305 e. The molecule has 0 aliphatic carbocycles. The van der Waals surface area contributed by atoms with Gasteiger partial charge in [0, 0.05) is 36.1 Å². The van der Waals surface area contributed by atoms with Crippen LogP contribution in [0.2, 0.25) is 0 Å². The number of anilines is 1. The number of carbonyl (C=O) groups excluding carboxylic acids is 1. The molecule has 0 radical (unpaired) electrons. The predicted octanol–water partition coefficient (Wildman–Crippen LogP) is 2.31. The van der Waals surface area contributed by atoms with Gasteiger partial charge in [-0.05, 0) is 37.3 Å². The Kier molecular flexibility index (Phi) is 3.50. The first-order valence-corrected chi connectivity index (χ1v) is 7.69. The summed E-state index contributed by atoms with van der Waals surface area (Å²) in [6.45, 7) is 1.90. The Morgan fingerprint density at radius 1 is 1.20 bits per heavy atom. The highest BCUT2D eigenvalue weighted by atomic mass is 16.1. The zero-order valence-corrected chi connectivity index (χ0v) is 13.7. The second-order valence-corrected chi connectivity index (χ2v) is 5.68. The molecule has 0 aliphatic rings. The summed E-state index contributed by atoms with van der Waals surface area (Å²) in [7, 11) is 1.81. The Morgan fingerprint density at radius 3 is 2.80 bits per heavy atom. The molecule has 8 nitrogen and oxygen atoms in total. The Hall–Kier alpha value is -3.55. The molecule has 25 heavy (non-hydrogen) atoms. The van der Waals surface area contributed by atoms with Crippen LogP contribution in [0.4, 0.5) is 5.82 Å². The number of nitrogens with one attached hydrogen (secondary N) is 2. The van der Waals surface area contributed by atoms with Crippen LogP contribution in [0.15, 0.2) is 42.7 Å². The third-order valence-corrected chi connectivity index (χ3v) is 4.08. The summed E-state index contributed by atoms with van der Waals surface area (Å²) >= 11 is 0. The number of amides is 1. The van der Waals surface area contributed by atoms with Crippen LogP contribution >= 0.6 is 0 Å². The predicted molar refractivity (Wildman–Crippen MR) is 93.0 cm³/mol. The summed E-state index contributed by atoms with van der Waals surface area (Å²) in [4.78, 5) is 16.5. The van der Waals surface area contributed by atoms with E-state index in [1.807, 2.05) is 32.2 Å². The quantitative estimate of drug-likeness (QED) is 0.599. The fourth-order valence-corrected chi connectivity index (χ4v) is 2.68. The second-order valence-electron chi connectivity index (χ2n) is 5.68. The lowest BCUT2D eigenvalue weighted by Gasteiger charge is -2.04. The van der Waals surface area contributed by atoms with Crippen molar-refractivity contribution in [1.29, 1.82) is 0 Å². The first-order valence-electron chi connectivity index (χ1n) is 7.69. The molecule has 0 saturated carbocycles. The fraction of sp³-hybridized carbons (Fsp3) is 0.118. The Bertz CT molecular complexity index is 1070. The summed E-state index contributed by atoms with van der Waals surface area (Å²) in [6.07, 6.45) is 3.42. The number of nitrogens with zero attached hydrogens (tertiary/aromatic N) is 5. The van der Waals surface area contributed by atoms with Gasteiger partial charge in [0.2, 0.25) is 0 Å². The van der Waals surface area contributed by atoms with Crippen LogP contribution in [0.25, 0.3) is 22.3 Å². The van der Waals surface area contributed by atoms with Crippen molar-refractivity contribution in [1.82, 2.24) is 30.2 Å². The number of benzene rings is 1. The molecule has 0 fully saturated rings.